The van der Waals surface area contributed by atoms with Gasteiger partial charge in [0.1, 0.15) is 18.0 Å². The van der Waals surface area contributed by atoms with Gasteiger partial charge >= 0.3 is 5.92 Å². The van der Waals surface area contributed by atoms with Crippen LogP contribution in [0.1, 0.15) is 18.2 Å². The molecule has 31 heavy (non-hydrogen) atoms. The molecule has 6 nitrogen and oxygen atoms in total. The van der Waals surface area contributed by atoms with Crippen molar-refractivity contribution < 1.29 is 18.3 Å². The second-order valence-corrected chi connectivity index (χ2v) is 7.65. The van der Waals surface area contributed by atoms with Gasteiger partial charge < -0.3 is 10.1 Å². The Morgan fingerprint density at radius 3 is 2.84 bits per heavy atom. The lowest BCUT2D eigenvalue weighted by Gasteiger charge is -2.12. The van der Waals surface area contributed by atoms with Crippen LogP contribution in [0, 0.1) is 0 Å². The molecule has 158 valence electrons. The number of amides is 1. The molecule has 1 aliphatic rings. The molecule has 3 aromatic rings. The molecule has 1 N–H and O–H groups in total. The number of hydrogen-bond acceptors (Lipinski definition) is 6. The van der Waals surface area contributed by atoms with E-state index in [1.165, 1.54) is 18.3 Å². The number of rotatable bonds is 6. The molecule has 0 atom stereocenters. The van der Waals surface area contributed by atoms with Gasteiger partial charge in [-0.3, -0.25) is 19.8 Å². The van der Waals surface area contributed by atoms with Crippen molar-refractivity contribution in [1.29, 1.82) is 0 Å². The Labute approximate surface area is 181 Å². The van der Waals surface area contributed by atoms with E-state index in [1.54, 1.807) is 24.4 Å². The number of hydrogen-bond donors (Lipinski definition) is 1. The molecule has 1 amide bonds. The van der Waals surface area contributed by atoms with Crippen LogP contribution in [-0.4, -0.2) is 34.2 Å². The zero-order valence-electron chi connectivity index (χ0n) is 16.5. The van der Waals surface area contributed by atoms with Crippen molar-refractivity contribution in [2.45, 2.75) is 12.8 Å². The Hall–Kier alpha value is -3.33. The molecule has 0 bridgehead atoms. The molecule has 1 saturated heterocycles. The van der Waals surface area contributed by atoms with Crippen molar-refractivity contribution in [3.05, 3.63) is 71.0 Å². The van der Waals surface area contributed by atoms with Gasteiger partial charge in [0.15, 0.2) is 5.17 Å². The van der Waals surface area contributed by atoms with Crippen LogP contribution in [0.2, 0.25) is 0 Å². The second kappa shape index (κ2) is 8.81. The fraction of sp³-hybridized carbons (Fsp3) is 0.182. The molecular weight excluding hydrogens is 422 g/mol. The lowest BCUT2D eigenvalue weighted by Crippen LogP contribution is -2.24. The molecule has 9 heteroatoms. The highest BCUT2D eigenvalue weighted by molar-refractivity contribution is 8.18. The molecule has 0 saturated carbocycles. The van der Waals surface area contributed by atoms with E-state index >= 15 is 0 Å². The molecule has 3 heterocycles. The van der Waals surface area contributed by atoms with E-state index in [0.29, 0.717) is 17.3 Å². The van der Waals surface area contributed by atoms with Gasteiger partial charge in [-0.25, -0.2) is 0 Å². The summed E-state index contributed by atoms with van der Waals surface area (Å²) in [5.41, 5.74) is 1.18. The molecule has 0 unspecified atom stereocenters. The van der Waals surface area contributed by atoms with Crippen molar-refractivity contribution in [1.82, 2.24) is 15.3 Å². The number of halogens is 2. The minimum Gasteiger partial charge on any atom is -0.493 e. The van der Waals surface area contributed by atoms with Gasteiger partial charge in [0.25, 0.3) is 5.91 Å². The Kier molecular flexibility index (Phi) is 5.94. The summed E-state index contributed by atoms with van der Waals surface area (Å²) in [6.07, 6.45) is 4.66. The number of pyridine rings is 2. The monoisotopic (exact) mass is 440 g/mol. The van der Waals surface area contributed by atoms with Crippen molar-refractivity contribution in [2.24, 2.45) is 4.99 Å². The van der Waals surface area contributed by atoms with Gasteiger partial charge in [-0.1, -0.05) is 12.1 Å². The van der Waals surface area contributed by atoms with Crippen LogP contribution in [-0.2, 0) is 10.7 Å². The van der Waals surface area contributed by atoms with Crippen molar-refractivity contribution in [2.75, 3.05) is 13.2 Å². The summed E-state index contributed by atoms with van der Waals surface area (Å²) in [7, 11) is 0. The lowest BCUT2D eigenvalue weighted by molar-refractivity contribution is -0.115. The third kappa shape index (κ3) is 4.72. The molecule has 0 radical (unpaired) electrons. The van der Waals surface area contributed by atoms with Gasteiger partial charge in [-0.05, 0) is 60.7 Å². The standard InChI is InChI=1S/C22H18F2N4O2S/c1-2-30-17-8-10-25-16-7-6-14(11-15(16)17)12-18-20(29)28-21(31-18)27-13-22(23,24)19-5-3-4-9-26-19/h3-12H,2,13H2,1H3,(H,27,28,29). The smallest absolute Gasteiger partial charge is 0.308 e. The third-order valence-corrected chi connectivity index (χ3v) is 5.38. The average molecular weight is 440 g/mol. The van der Waals surface area contributed by atoms with Crippen LogP contribution in [0.25, 0.3) is 17.0 Å². The molecule has 1 aromatic carbocycles. The number of amidine groups is 1. The summed E-state index contributed by atoms with van der Waals surface area (Å²) in [6.45, 7) is 1.61. The highest BCUT2D eigenvalue weighted by Gasteiger charge is 2.34. The fourth-order valence-corrected chi connectivity index (χ4v) is 3.81. The number of carbonyl (C=O) groups is 1. The van der Waals surface area contributed by atoms with E-state index in [0.717, 1.165) is 28.2 Å². The van der Waals surface area contributed by atoms with Crippen LogP contribution in [0.3, 0.4) is 0 Å². The zero-order chi connectivity index (χ0) is 21.8. The summed E-state index contributed by atoms with van der Waals surface area (Å²) >= 11 is 1.02. The number of aliphatic imine (C=N–C) groups is 1. The van der Waals surface area contributed by atoms with E-state index in [1.807, 2.05) is 25.1 Å². The Morgan fingerprint density at radius 2 is 2.06 bits per heavy atom. The molecule has 1 fully saturated rings. The predicted molar refractivity (Wildman–Crippen MR) is 117 cm³/mol. The summed E-state index contributed by atoms with van der Waals surface area (Å²) < 4.78 is 34.2. The number of ether oxygens (including phenoxy) is 1. The first kappa shape index (κ1) is 20.9. The zero-order valence-corrected chi connectivity index (χ0v) is 17.3. The van der Waals surface area contributed by atoms with Crippen LogP contribution < -0.4 is 10.1 Å². The summed E-state index contributed by atoms with van der Waals surface area (Å²) in [5.74, 6) is -2.91. The molecule has 0 spiro atoms. The minimum atomic E-state index is -3.23. The van der Waals surface area contributed by atoms with Gasteiger partial charge in [-0.15, -0.1) is 0 Å². The third-order valence-electron chi connectivity index (χ3n) is 4.43. The number of thioether (sulfide) groups is 1. The van der Waals surface area contributed by atoms with E-state index in [2.05, 4.69) is 20.3 Å². The normalized spacial score (nSPS) is 16.8. The first-order valence-electron chi connectivity index (χ1n) is 9.52. The Balaban J connectivity index is 1.54. The van der Waals surface area contributed by atoms with Gasteiger partial charge in [0.2, 0.25) is 0 Å². The predicted octanol–water partition coefficient (Wildman–Crippen LogP) is 4.38. The number of nitrogens with zero attached hydrogens (tertiary/aromatic N) is 3. The fourth-order valence-electron chi connectivity index (χ4n) is 2.99. The lowest BCUT2D eigenvalue weighted by atomic mass is 10.1. The maximum atomic E-state index is 14.3. The molecule has 1 aliphatic heterocycles. The van der Waals surface area contributed by atoms with Gasteiger partial charge in [0, 0.05) is 17.8 Å². The van der Waals surface area contributed by atoms with Crippen LogP contribution >= 0.6 is 11.8 Å². The topological polar surface area (TPSA) is 76.5 Å². The first-order valence-corrected chi connectivity index (χ1v) is 10.3. The first-order chi connectivity index (χ1) is 15.0. The Morgan fingerprint density at radius 1 is 1.19 bits per heavy atom. The van der Waals surface area contributed by atoms with Crippen LogP contribution in [0.5, 0.6) is 5.75 Å². The van der Waals surface area contributed by atoms with Crippen molar-refractivity contribution >= 4 is 39.8 Å². The number of nitrogens with one attached hydrogen (secondary N) is 1. The number of aromatic nitrogens is 2. The van der Waals surface area contributed by atoms with Crippen molar-refractivity contribution in [3.63, 3.8) is 0 Å². The highest BCUT2D eigenvalue weighted by Crippen LogP contribution is 2.31. The molecule has 4 rings (SSSR count). The highest BCUT2D eigenvalue weighted by atomic mass is 32.2. The van der Waals surface area contributed by atoms with E-state index < -0.39 is 12.5 Å². The SMILES string of the molecule is CCOc1ccnc2ccc(C=C3SC(=NCC(F)(F)c4ccccn4)NC3=O)cc12. The quantitative estimate of drug-likeness (QED) is 0.576. The van der Waals surface area contributed by atoms with Gasteiger partial charge in [-0.2, -0.15) is 8.78 Å². The molecule has 2 aromatic heterocycles. The number of alkyl halides is 2. The minimum absolute atomic E-state index is 0.129. The number of carbonyl (C=O) groups excluding carboxylic acids is 1. The van der Waals surface area contributed by atoms with E-state index in [4.69, 9.17) is 4.74 Å². The Bertz CT molecular complexity index is 1180. The molecular formula is C22H18F2N4O2S. The summed E-state index contributed by atoms with van der Waals surface area (Å²) in [6, 6.07) is 11.6. The second-order valence-electron chi connectivity index (χ2n) is 6.62. The number of fused-ring (bicyclic) bond motifs is 1. The van der Waals surface area contributed by atoms with E-state index in [-0.39, 0.29) is 16.8 Å². The van der Waals surface area contributed by atoms with Crippen LogP contribution in [0.15, 0.2) is 64.8 Å². The van der Waals surface area contributed by atoms with Crippen LogP contribution in [0.4, 0.5) is 8.78 Å². The summed E-state index contributed by atoms with van der Waals surface area (Å²) in [4.78, 5) is 24.6. The van der Waals surface area contributed by atoms with E-state index in [9.17, 15) is 13.6 Å². The van der Waals surface area contributed by atoms with Crippen molar-refractivity contribution in [3.8, 4) is 5.75 Å². The maximum Gasteiger partial charge on any atom is 0.308 e. The molecule has 0 aliphatic carbocycles. The summed E-state index contributed by atoms with van der Waals surface area (Å²) in [5, 5.41) is 3.49. The van der Waals surface area contributed by atoms with Gasteiger partial charge in [0.05, 0.1) is 17.0 Å². The average Bonchev–Trinajstić information content (AvgIpc) is 3.13. The number of benzene rings is 1. The largest absolute Gasteiger partial charge is 0.493 e. The maximum absolute atomic E-state index is 14.3.